The molecule has 0 saturated carbocycles. The van der Waals surface area contributed by atoms with Crippen molar-refractivity contribution in [3.05, 3.63) is 87.5 Å². The van der Waals surface area contributed by atoms with Crippen molar-refractivity contribution in [2.75, 3.05) is 37.4 Å². The molecule has 3 amide bonds. The summed E-state index contributed by atoms with van der Waals surface area (Å²) in [5.74, 6) is -3.66. The fourth-order valence-corrected chi connectivity index (χ4v) is 6.60. The van der Waals surface area contributed by atoms with Crippen LogP contribution in [0.4, 0.5) is 42.1 Å². The van der Waals surface area contributed by atoms with Gasteiger partial charge in [0.25, 0.3) is 11.8 Å². The van der Waals surface area contributed by atoms with Gasteiger partial charge in [0, 0.05) is 34.8 Å². The number of hydrogen-bond donors (Lipinski definition) is 3. The monoisotopic (exact) mass is 696 g/mol. The van der Waals surface area contributed by atoms with Gasteiger partial charge in [-0.05, 0) is 60.9 Å². The molecule has 1 saturated heterocycles. The first-order chi connectivity index (χ1) is 22.6. The molecule has 2 heterocycles. The number of alkyl halides is 6. The average molecular weight is 697 g/mol. The molecule has 4 N–H and O–H groups in total. The van der Waals surface area contributed by atoms with Crippen LogP contribution in [0.25, 0.3) is 10.1 Å². The number of piperidine rings is 1. The van der Waals surface area contributed by atoms with Crippen LogP contribution in [0.15, 0.2) is 54.6 Å². The number of ether oxygens (including phenoxy) is 1. The maximum absolute atomic E-state index is 13.8. The number of nitrogens with zero attached hydrogens (tertiary/aromatic N) is 1. The van der Waals surface area contributed by atoms with E-state index in [0.717, 1.165) is 24.3 Å². The molecule has 5 rings (SSSR count). The van der Waals surface area contributed by atoms with Crippen molar-refractivity contribution in [2.45, 2.75) is 31.1 Å². The zero-order valence-corrected chi connectivity index (χ0v) is 25.8. The molecule has 0 bridgehead atoms. The molecular formula is C32H27F7N4O4S. The highest BCUT2D eigenvalue weighted by atomic mass is 32.1. The number of rotatable bonds is 7. The van der Waals surface area contributed by atoms with Crippen LogP contribution >= 0.6 is 11.3 Å². The molecule has 8 nitrogen and oxygen atoms in total. The van der Waals surface area contributed by atoms with Crippen molar-refractivity contribution in [3.8, 4) is 5.75 Å². The van der Waals surface area contributed by atoms with Gasteiger partial charge >= 0.3 is 12.4 Å². The Morgan fingerprint density at radius 1 is 0.958 bits per heavy atom. The van der Waals surface area contributed by atoms with Crippen LogP contribution in [-0.2, 0) is 17.1 Å². The molecule has 1 aliphatic rings. The molecule has 0 aliphatic carbocycles. The zero-order chi connectivity index (χ0) is 35.0. The van der Waals surface area contributed by atoms with E-state index in [4.69, 9.17) is 10.5 Å². The number of benzene rings is 3. The van der Waals surface area contributed by atoms with Gasteiger partial charge in [-0.1, -0.05) is 12.1 Å². The molecule has 0 spiro atoms. The Labute approximate surface area is 272 Å². The first kappa shape index (κ1) is 34.6. The second kappa shape index (κ2) is 13.4. The third-order valence-electron chi connectivity index (χ3n) is 7.88. The summed E-state index contributed by atoms with van der Waals surface area (Å²) in [5.41, 5.74) is 2.94. The van der Waals surface area contributed by atoms with Gasteiger partial charge < -0.3 is 26.0 Å². The molecular weight excluding hydrogens is 669 g/mol. The summed E-state index contributed by atoms with van der Waals surface area (Å²) in [6, 6.07) is 9.25. The van der Waals surface area contributed by atoms with Crippen LogP contribution in [-0.4, -0.2) is 49.4 Å². The van der Waals surface area contributed by atoms with Crippen molar-refractivity contribution in [1.29, 1.82) is 0 Å². The first-order valence-electron chi connectivity index (χ1n) is 14.4. The van der Waals surface area contributed by atoms with Gasteiger partial charge in [0.15, 0.2) is 0 Å². The number of amides is 3. The zero-order valence-electron chi connectivity index (χ0n) is 25.0. The lowest BCUT2D eigenvalue weighted by atomic mass is 9.89. The summed E-state index contributed by atoms with van der Waals surface area (Å²) >= 11 is 0.570. The van der Waals surface area contributed by atoms with E-state index in [-0.39, 0.29) is 50.3 Å². The van der Waals surface area contributed by atoms with Gasteiger partial charge in [0.2, 0.25) is 5.91 Å². The topological polar surface area (TPSA) is 114 Å². The molecule has 3 aromatic carbocycles. The quantitative estimate of drug-likeness (QED) is 0.176. The van der Waals surface area contributed by atoms with Crippen molar-refractivity contribution in [1.82, 2.24) is 4.90 Å². The van der Waals surface area contributed by atoms with E-state index in [9.17, 15) is 45.1 Å². The summed E-state index contributed by atoms with van der Waals surface area (Å²) in [4.78, 5) is 40.7. The molecule has 4 aromatic rings. The van der Waals surface area contributed by atoms with Crippen molar-refractivity contribution in [3.63, 3.8) is 0 Å². The maximum Gasteiger partial charge on any atom is 0.419 e. The smallest absolute Gasteiger partial charge is 0.419 e. The predicted octanol–water partition coefficient (Wildman–Crippen LogP) is 7.26. The Balaban J connectivity index is 1.52. The minimum atomic E-state index is -5.07. The molecule has 0 radical (unpaired) electrons. The van der Waals surface area contributed by atoms with E-state index in [2.05, 4.69) is 10.6 Å². The van der Waals surface area contributed by atoms with Gasteiger partial charge in [-0.2, -0.15) is 26.3 Å². The van der Waals surface area contributed by atoms with Crippen LogP contribution in [0, 0.1) is 5.82 Å². The van der Waals surface area contributed by atoms with Gasteiger partial charge in [0.05, 0.1) is 36.0 Å². The van der Waals surface area contributed by atoms with E-state index in [1.807, 2.05) is 0 Å². The highest BCUT2D eigenvalue weighted by molar-refractivity contribution is 7.21. The van der Waals surface area contributed by atoms with Crippen LogP contribution < -0.4 is 21.1 Å². The van der Waals surface area contributed by atoms with E-state index >= 15 is 0 Å². The van der Waals surface area contributed by atoms with E-state index in [1.54, 1.807) is 23.1 Å². The number of anilines is 2. The number of likely N-dealkylation sites (tertiary alicyclic amines) is 1. The number of hydrogen-bond acceptors (Lipinski definition) is 6. The lowest BCUT2D eigenvalue weighted by Gasteiger charge is -2.33. The van der Waals surface area contributed by atoms with E-state index in [0.29, 0.717) is 55.0 Å². The van der Waals surface area contributed by atoms with Gasteiger partial charge in [0.1, 0.15) is 16.4 Å². The molecule has 1 aliphatic heterocycles. The highest BCUT2D eigenvalue weighted by Crippen LogP contribution is 2.41. The number of carbonyl (C=O) groups excluding carboxylic acids is 3. The Hall–Kier alpha value is -4.70. The van der Waals surface area contributed by atoms with Gasteiger partial charge in [-0.25, -0.2) is 4.39 Å². The highest BCUT2D eigenvalue weighted by Gasteiger charge is 2.35. The number of methoxy groups -OCH3 is 1. The minimum absolute atomic E-state index is 0.0169. The largest absolute Gasteiger partial charge is 0.496 e. The third-order valence-corrected chi connectivity index (χ3v) is 9.03. The number of carbonyl (C=O) groups is 3. The normalized spacial score (nSPS) is 15.4. The van der Waals surface area contributed by atoms with Crippen LogP contribution in [0.5, 0.6) is 5.75 Å². The summed E-state index contributed by atoms with van der Waals surface area (Å²) in [6.07, 6.45) is -8.40. The van der Waals surface area contributed by atoms with Crippen molar-refractivity contribution >= 4 is 50.5 Å². The Morgan fingerprint density at radius 3 is 2.38 bits per heavy atom. The van der Waals surface area contributed by atoms with Gasteiger partial charge in [-0.3, -0.25) is 14.4 Å². The minimum Gasteiger partial charge on any atom is -0.496 e. The lowest BCUT2D eigenvalue weighted by Crippen LogP contribution is -2.42. The second-order valence-corrected chi connectivity index (χ2v) is 12.0. The summed E-state index contributed by atoms with van der Waals surface area (Å²) in [6.45, 7) is 0.754. The van der Waals surface area contributed by atoms with Crippen molar-refractivity contribution < 1.29 is 49.9 Å². The molecule has 254 valence electrons. The predicted molar refractivity (Wildman–Crippen MR) is 165 cm³/mol. The van der Waals surface area contributed by atoms with Crippen LogP contribution in [0.1, 0.15) is 55.5 Å². The maximum atomic E-state index is 13.8. The van der Waals surface area contributed by atoms with Crippen LogP contribution in [0.3, 0.4) is 0 Å². The molecule has 48 heavy (non-hydrogen) atoms. The van der Waals surface area contributed by atoms with E-state index in [1.165, 1.54) is 7.11 Å². The molecule has 1 aromatic heterocycles. The Bertz CT molecular complexity index is 1890. The van der Waals surface area contributed by atoms with Gasteiger partial charge in [-0.15, -0.1) is 11.3 Å². The van der Waals surface area contributed by atoms with Crippen molar-refractivity contribution in [2.24, 2.45) is 5.73 Å². The standard InChI is InChI=1S/C32H27F7N4O4S/c1-47-24-9-4-16(17-3-2-10-43(15-17)26(44)14-40)11-21(24)29(45)42-27-20-7-5-18(31(34,35)36)12-25(20)48-28(27)30(46)41-19-6-8-23(33)22(13-19)32(37,38)39/h4-9,11-13,17H,2-3,10,14-15,40H2,1H3,(H,41,46)(H,42,45). The van der Waals surface area contributed by atoms with Crippen LogP contribution in [0.2, 0.25) is 0 Å². The number of halogens is 7. The molecule has 1 atom stereocenters. The second-order valence-electron chi connectivity index (χ2n) is 11.0. The number of nitrogens with one attached hydrogen (secondary N) is 2. The number of thiophene rings is 1. The lowest BCUT2D eigenvalue weighted by molar-refractivity contribution is -0.140. The fraction of sp³-hybridized carbons (Fsp3) is 0.281. The van der Waals surface area contributed by atoms with E-state index < -0.39 is 46.8 Å². The summed E-state index contributed by atoms with van der Waals surface area (Å²) in [5, 5.41) is 4.86. The number of fused-ring (bicyclic) bond motifs is 1. The summed E-state index contributed by atoms with van der Waals surface area (Å²) in [7, 11) is 1.32. The average Bonchev–Trinajstić information content (AvgIpc) is 3.41. The fourth-order valence-electron chi connectivity index (χ4n) is 5.51. The Morgan fingerprint density at radius 2 is 1.71 bits per heavy atom. The molecule has 16 heteroatoms. The number of nitrogens with two attached hydrogens (primary N) is 1. The molecule has 1 unspecified atom stereocenters. The third kappa shape index (κ3) is 7.23. The SMILES string of the molecule is COc1ccc(C2CCCN(C(=O)CN)C2)cc1C(=O)Nc1c(C(=O)Nc2ccc(F)c(C(F)(F)F)c2)sc2cc(C(F)(F)F)ccc12. The first-order valence-corrected chi connectivity index (χ1v) is 15.2. The molecule has 1 fully saturated rings. The Kier molecular flexibility index (Phi) is 9.69. The summed E-state index contributed by atoms with van der Waals surface area (Å²) < 4.78 is 99.6.